The highest BCUT2D eigenvalue weighted by Crippen LogP contribution is 2.34. The molecule has 2 aromatic carbocycles. The van der Waals surface area contributed by atoms with Crippen molar-refractivity contribution in [2.75, 3.05) is 0 Å². The lowest BCUT2D eigenvalue weighted by Gasteiger charge is -2.14. The minimum absolute atomic E-state index is 0.0621. The Hall–Kier alpha value is -0.550. The zero-order valence-electron chi connectivity index (χ0n) is 10.9. The van der Waals surface area contributed by atoms with Crippen molar-refractivity contribution >= 4 is 43.5 Å². The van der Waals surface area contributed by atoms with Crippen LogP contribution in [0.2, 0.25) is 5.02 Å². The van der Waals surface area contributed by atoms with Crippen LogP contribution in [0.3, 0.4) is 0 Å². The predicted octanol–water partition coefficient (Wildman–Crippen LogP) is 5.55. The molecule has 5 heteroatoms. The summed E-state index contributed by atoms with van der Waals surface area (Å²) in [5.41, 5.74) is 6.93. The standard InChI is InChI=1S/C15H14Br2ClNO/c1-9(19)6-10-7-11(16)2-4-14(10)20-15-5-3-12(17)8-13(15)18/h2-5,7-9H,6,19H2,1H3. The van der Waals surface area contributed by atoms with Crippen LogP contribution in [0, 0.1) is 0 Å². The molecule has 20 heavy (non-hydrogen) atoms. The van der Waals surface area contributed by atoms with Crippen molar-refractivity contribution in [3.63, 3.8) is 0 Å². The van der Waals surface area contributed by atoms with E-state index in [0.29, 0.717) is 10.8 Å². The minimum atomic E-state index is 0.0621. The van der Waals surface area contributed by atoms with Gasteiger partial charge in [-0.25, -0.2) is 0 Å². The van der Waals surface area contributed by atoms with Crippen molar-refractivity contribution in [3.8, 4) is 11.5 Å². The van der Waals surface area contributed by atoms with Gasteiger partial charge in [-0.1, -0.05) is 43.5 Å². The average molecular weight is 420 g/mol. The van der Waals surface area contributed by atoms with Gasteiger partial charge in [0.15, 0.2) is 0 Å². The molecule has 0 heterocycles. The van der Waals surface area contributed by atoms with Crippen molar-refractivity contribution in [1.29, 1.82) is 0 Å². The zero-order chi connectivity index (χ0) is 14.7. The lowest BCUT2D eigenvalue weighted by Crippen LogP contribution is -2.18. The molecule has 2 nitrogen and oxygen atoms in total. The van der Waals surface area contributed by atoms with Gasteiger partial charge in [0.1, 0.15) is 11.5 Å². The van der Waals surface area contributed by atoms with Crippen molar-refractivity contribution in [3.05, 3.63) is 55.9 Å². The number of rotatable bonds is 4. The molecule has 106 valence electrons. The van der Waals surface area contributed by atoms with Gasteiger partial charge < -0.3 is 10.5 Å². The molecule has 0 radical (unpaired) electrons. The Bertz CT molecular complexity index is 617. The molecule has 0 aliphatic carbocycles. The SMILES string of the molecule is CC(N)Cc1cc(Br)ccc1Oc1ccc(Br)cc1Cl. The molecule has 0 aromatic heterocycles. The fourth-order valence-corrected chi connectivity index (χ4v) is 2.95. The van der Waals surface area contributed by atoms with Gasteiger partial charge in [-0.15, -0.1) is 0 Å². The van der Waals surface area contributed by atoms with Crippen molar-refractivity contribution in [2.45, 2.75) is 19.4 Å². The molecule has 2 aromatic rings. The Balaban J connectivity index is 2.32. The van der Waals surface area contributed by atoms with Gasteiger partial charge >= 0.3 is 0 Å². The molecule has 0 saturated heterocycles. The second kappa shape index (κ2) is 6.94. The lowest BCUT2D eigenvalue weighted by atomic mass is 10.1. The molecule has 0 fully saturated rings. The zero-order valence-corrected chi connectivity index (χ0v) is 14.8. The molecule has 1 atom stereocenters. The average Bonchev–Trinajstić information content (AvgIpc) is 2.34. The Labute approximate surface area is 140 Å². The molecule has 1 unspecified atom stereocenters. The maximum atomic E-state index is 6.18. The number of hydrogen-bond donors (Lipinski definition) is 1. The van der Waals surface area contributed by atoms with Gasteiger partial charge in [0.25, 0.3) is 0 Å². The first-order valence-electron chi connectivity index (χ1n) is 6.12. The molecule has 0 amide bonds. The van der Waals surface area contributed by atoms with Crippen LogP contribution in [-0.2, 0) is 6.42 Å². The summed E-state index contributed by atoms with van der Waals surface area (Å²) in [6.07, 6.45) is 0.739. The number of ether oxygens (including phenoxy) is 1. The molecule has 2 rings (SSSR count). The Morgan fingerprint density at radius 2 is 1.70 bits per heavy atom. The summed E-state index contributed by atoms with van der Waals surface area (Å²) in [4.78, 5) is 0. The smallest absolute Gasteiger partial charge is 0.146 e. The van der Waals surface area contributed by atoms with Crippen molar-refractivity contribution in [2.24, 2.45) is 5.73 Å². The molecule has 0 aliphatic rings. The van der Waals surface area contributed by atoms with E-state index in [0.717, 1.165) is 26.7 Å². The number of halogens is 3. The first kappa shape index (κ1) is 15.8. The van der Waals surface area contributed by atoms with Crippen LogP contribution in [0.15, 0.2) is 45.3 Å². The molecular weight excluding hydrogens is 405 g/mol. The first-order valence-corrected chi connectivity index (χ1v) is 8.09. The van der Waals surface area contributed by atoms with Crippen LogP contribution in [0.5, 0.6) is 11.5 Å². The molecule has 0 aliphatic heterocycles. The van der Waals surface area contributed by atoms with E-state index in [2.05, 4.69) is 31.9 Å². The summed E-state index contributed by atoms with van der Waals surface area (Å²) < 4.78 is 7.84. The summed E-state index contributed by atoms with van der Waals surface area (Å²) in [5, 5.41) is 0.564. The van der Waals surface area contributed by atoms with Gasteiger partial charge in [0.2, 0.25) is 0 Å². The lowest BCUT2D eigenvalue weighted by molar-refractivity contribution is 0.474. The quantitative estimate of drug-likeness (QED) is 0.705. The highest BCUT2D eigenvalue weighted by Gasteiger charge is 2.10. The molecule has 2 N–H and O–H groups in total. The van der Waals surface area contributed by atoms with E-state index in [-0.39, 0.29) is 6.04 Å². The first-order chi connectivity index (χ1) is 9.45. The number of nitrogens with two attached hydrogens (primary N) is 1. The van der Waals surface area contributed by atoms with Crippen LogP contribution in [0.1, 0.15) is 12.5 Å². The van der Waals surface area contributed by atoms with E-state index in [1.54, 1.807) is 6.07 Å². The monoisotopic (exact) mass is 417 g/mol. The van der Waals surface area contributed by atoms with Gasteiger partial charge in [0.05, 0.1) is 5.02 Å². The van der Waals surface area contributed by atoms with E-state index >= 15 is 0 Å². The molecule has 0 spiro atoms. The van der Waals surface area contributed by atoms with Gasteiger partial charge in [-0.2, -0.15) is 0 Å². The largest absolute Gasteiger partial charge is 0.456 e. The van der Waals surface area contributed by atoms with Gasteiger partial charge in [-0.05, 0) is 55.3 Å². The van der Waals surface area contributed by atoms with Crippen LogP contribution in [0.4, 0.5) is 0 Å². The normalized spacial score (nSPS) is 12.2. The van der Waals surface area contributed by atoms with Crippen molar-refractivity contribution < 1.29 is 4.74 Å². The van der Waals surface area contributed by atoms with Crippen LogP contribution in [-0.4, -0.2) is 6.04 Å². The fraction of sp³-hybridized carbons (Fsp3) is 0.200. The summed E-state index contributed by atoms with van der Waals surface area (Å²) in [7, 11) is 0. The highest BCUT2D eigenvalue weighted by atomic mass is 79.9. The van der Waals surface area contributed by atoms with Crippen LogP contribution in [0.25, 0.3) is 0 Å². The third-order valence-corrected chi connectivity index (χ3v) is 3.96. The minimum Gasteiger partial charge on any atom is -0.456 e. The second-order valence-corrected chi connectivity index (χ2v) is 6.85. The van der Waals surface area contributed by atoms with Crippen LogP contribution < -0.4 is 10.5 Å². The summed E-state index contributed by atoms with van der Waals surface area (Å²) in [6, 6.07) is 11.5. The number of benzene rings is 2. The van der Waals surface area contributed by atoms with Gasteiger partial charge in [0, 0.05) is 15.0 Å². The van der Waals surface area contributed by atoms with Gasteiger partial charge in [-0.3, -0.25) is 0 Å². The Morgan fingerprint density at radius 3 is 2.30 bits per heavy atom. The maximum absolute atomic E-state index is 6.18. The van der Waals surface area contributed by atoms with Crippen LogP contribution >= 0.6 is 43.5 Å². The van der Waals surface area contributed by atoms with E-state index in [4.69, 9.17) is 22.1 Å². The second-order valence-electron chi connectivity index (χ2n) is 4.61. The van der Waals surface area contributed by atoms with E-state index in [1.807, 2.05) is 37.3 Å². The summed E-state index contributed by atoms with van der Waals surface area (Å²) in [6.45, 7) is 1.97. The highest BCUT2D eigenvalue weighted by molar-refractivity contribution is 9.10. The topological polar surface area (TPSA) is 35.2 Å². The summed E-state index contributed by atoms with van der Waals surface area (Å²) >= 11 is 13.0. The maximum Gasteiger partial charge on any atom is 0.146 e. The third kappa shape index (κ3) is 4.22. The van der Waals surface area contributed by atoms with Crippen molar-refractivity contribution in [1.82, 2.24) is 0 Å². The Morgan fingerprint density at radius 1 is 1.10 bits per heavy atom. The third-order valence-electron chi connectivity index (χ3n) is 2.68. The van der Waals surface area contributed by atoms with E-state index < -0.39 is 0 Å². The summed E-state index contributed by atoms with van der Waals surface area (Å²) in [5.74, 6) is 1.40. The predicted molar refractivity (Wildman–Crippen MR) is 90.7 cm³/mol. The van der Waals surface area contributed by atoms with E-state index in [1.165, 1.54) is 0 Å². The van der Waals surface area contributed by atoms with E-state index in [9.17, 15) is 0 Å². The molecular formula is C15H14Br2ClNO. The molecule has 0 saturated carbocycles. The Kier molecular flexibility index (Phi) is 5.49. The number of hydrogen-bond acceptors (Lipinski definition) is 2. The molecule has 0 bridgehead atoms. The fourth-order valence-electron chi connectivity index (χ4n) is 1.83.